The Kier molecular flexibility index (Phi) is 6.51. The Balaban J connectivity index is 0.00000200. The van der Waals surface area contributed by atoms with Crippen molar-refractivity contribution in [1.82, 2.24) is 0 Å². The molecule has 20 heavy (non-hydrogen) atoms. The maximum absolute atomic E-state index is 10.8. The van der Waals surface area contributed by atoms with Crippen molar-refractivity contribution < 1.29 is 43.7 Å². The SMILES string of the molecule is CS(=O)(=O)ONc1ccc(Nc2ccccc2)cc1.[H-].[Na+]. The second-order valence-electron chi connectivity index (χ2n) is 3.96. The van der Waals surface area contributed by atoms with Gasteiger partial charge in [0.15, 0.2) is 0 Å². The summed E-state index contributed by atoms with van der Waals surface area (Å²) in [4.78, 5) is 0. The van der Waals surface area contributed by atoms with Gasteiger partial charge in [-0.1, -0.05) is 18.2 Å². The van der Waals surface area contributed by atoms with Gasteiger partial charge in [-0.15, -0.1) is 0 Å². The molecule has 0 aliphatic carbocycles. The largest absolute Gasteiger partial charge is 1.00 e. The van der Waals surface area contributed by atoms with Gasteiger partial charge in [0.2, 0.25) is 0 Å². The van der Waals surface area contributed by atoms with Crippen LogP contribution < -0.4 is 40.4 Å². The zero-order chi connectivity index (χ0) is 13.7. The van der Waals surface area contributed by atoms with E-state index in [0.717, 1.165) is 17.6 Å². The molecule has 0 saturated carbocycles. The minimum Gasteiger partial charge on any atom is -1.00 e. The summed E-state index contributed by atoms with van der Waals surface area (Å²) in [5, 5.41) is 3.22. The van der Waals surface area contributed by atoms with Crippen molar-refractivity contribution in [1.29, 1.82) is 0 Å². The fraction of sp³-hybridized carbons (Fsp3) is 0.0769. The summed E-state index contributed by atoms with van der Waals surface area (Å²) >= 11 is 0. The van der Waals surface area contributed by atoms with Gasteiger partial charge < -0.3 is 6.74 Å². The number of nitrogens with one attached hydrogen (secondary N) is 2. The second-order valence-corrected chi connectivity index (χ2v) is 5.53. The average Bonchev–Trinajstić information content (AvgIpc) is 2.38. The van der Waals surface area contributed by atoms with Crippen LogP contribution in [0.5, 0.6) is 0 Å². The van der Waals surface area contributed by atoms with Gasteiger partial charge in [-0.2, -0.15) is 12.7 Å². The molecule has 0 bridgehead atoms. The zero-order valence-electron chi connectivity index (χ0n) is 12.3. The predicted octanol–water partition coefficient (Wildman–Crippen LogP) is -0.150. The number of rotatable bonds is 5. The molecule has 0 aliphatic heterocycles. The third-order valence-electron chi connectivity index (χ3n) is 2.26. The third-order valence-corrected chi connectivity index (χ3v) is 2.64. The summed E-state index contributed by atoms with van der Waals surface area (Å²) in [5.41, 5.74) is 4.80. The Bertz CT molecular complexity index is 636. The number of hydrogen-bond donors (Lipinski definition) is 2. The molecule has 7 heteroatoms. The first kappa shape index (κ1) is 17.0. The van der Waals surface area contributed by atoms with Crippen molar-refractivity contribution in [3.63, 3.8) is 0 Å². The zero-order valence-corrected chi connectivity index (χ0v) is 14.1. The van der Waals surface area contributed by atoms with E-state index in [-0.39, 0.29) is 31.0 Å². The molecule has 0 radical (unpaired) electrons. The van der Waals surface area contributed by atoms with E-state index in [2.05, 4.69) is 15.1 Å². The van der Waals surface area contributed by atoms with E-state index in [0.29, 0.717) is 5.69 Å². The molecule has 0 fully saturated rings. The Morgan fingerprint density at radius 1 is 0.900 bits per heavy atom. The molecule has 0 spiro atoms. The minimum atomic E-state index is -3.51. The van der Waals surface area contributed by atoms with E-state index in [4.69, 9.17) is 0 Å². The summed E-state index contributed by atoms with van der Waals surface area (Å²) in [5.74, 6) is 0. The van der Waals surface area contributed by atoms with Crippen molar-refractivity contribution in [3.8, 4) is 0 Å². The van der Waals surface area contributed by atoms with Crippen molar-refractivity contribution >= 4 is 27.2 Å². The summed E-state index contributed by atoms with van der Waals surface area (Å²) in [6.45, 7) is 0. The van der Waals surface area contributed by atoms with Gasteiger partial charge in [-0.3, -0.25) is 0 Å². The first-order valence-electron chi connectivity index (χ1n) is 5.59. The van der Waals surface area contributed by atoms with Crippen LogP contribution in [0.1, 0.15) is 1.43 Å². The maximum atomic E-state index is 10.8. The van der Waals surface area contributed by atoms with Crippen LogP contribution in [-0.4, -0.2) is 14.7 Å². The molecule has 5 nitrogen and oxygen atoms in total. The molecule has 0 atom stereocenters. The van der Waals surface area contributed by atoms with Gasteiger partial charge in [0, 0.05) is 11.4 Å². The van der Waals surface area contributed by atoms with E-state index in [1.54, 1.807) is 12.1 Å². The van der Waals surface area contributed by atoms with Crippen molar-refractivity contribution in [3.05, 3.63) is 54.6 Å². The number of anilines is 3. The Hall–Kier alpha value is -1.05. The molecule has 2 aromatic carbocycles. The molecule has 2 aromatic rings. The molecule has 2 N–H and O–H groups in total. The molecule has 2 rings (SSSR count). The Morgan fingerprint density at radius 2 is 1.40 bits per heavy atom. The van der Waals surface area contributed by atoms with Crippen LogP contribution in [0.15, 0.2) is 54.6 Å². The number of para-hydroxylation sites is 1. The summed E-state index contributed by atoms with van der Waals surface area (Å²) in [6, 6.07) is 16.8. The first-order valence-corrected chi connectivity index (χ1v) is 7.41. The third kappa shape index (κ3) is 5.94. The normalized spacial score (nSPS) is 10.4. The fourth-order valence-corrected chi connectivity index (χ4v) is 1.68. The van der Waals surface area contributed by atoms with Crippen LogP contribution in [0, 0.1) is 0 Å². The molecule has 0 saturated heterocycles. The van der Waals surface area contributed by atoms with E-state index in [1.807, 2.05) is 42.5 Å². The van der Waals surface area contributed by atoms with Crippen LogP contribution >= 0.6 is 0 Å². The summed E-state index contributed by atoms with van der Waals surface area (Å²) in [7, 11) is -3.51. The van der Waals surface area contributed by atoms with Crippen LogP contribution in [0.3, 0.4) is 0 Å². The van der Waals surface area contributed by atoms with E-state index >= 15 is 0 Å². The Morgan fingerprint density at radius 3 is 1.95 bits per heavy atom. The van der Waals surface area contributed by atoms with Crippen LogP contribution in [-0.2, 0) is 14.4 Å². The quantitative estimate of drug-likeness (QED) is 0.594. The molecule has 102 valence electrons. The fourth-order valence-electron chi connectivity index (χ4n) is 1.43. The summed E-state index contributed by atoms with van der Waals surface area (Å²) < 4.78 is 26.1. The van der Waals surface area contributed by atoms with Gasteiger partial charge >= 0.3 is 29.6 Å². The molecular formula is C13H15N2NaO3S. The van der Waals surface area contributed by atoms with Crippen molar-refractivity contribution in [2.45, 2.75) is 0 Å². The van der Waals surface area contributed by atoms with Gasteiger partial charge in [0.25, 0.3) is 10.1 Å². The summed E-state index contributed by atoms with van der Waals surface area (Å²) in [6.07, 6.45) is 0.978. The molecule has 0 amide bonds. The molecule has 0 aromatic heterocycles. The van der Waals surface area contributed by atoms with E-state index in [1.165, 1.54) is 0 Å². The molecule has 0 heterocycles. The molecule has 0 unspecified atom stereocenters. The average molecular weight is 302 g/mol. The van der Waals surface area contributed by atoms with E-state index in [9.17, 15) is 8.42 Å². The smallest absolute Gasteiger partial charge is 1.00 e. The number of hydrogen-bond acceptors (Lipinski definition) is 5. The monoisotopic (exact) mass is 302 g/mol. The van der Waals surface area contributed by atoms with Crippen LogP contribution in [0.2, 0.25) is 0 Å². The standard InChI is InChI=1S/C13H14N2O3S.Na.H/c1-19(16,17)18-15-13-9-7-12(8-10-13)14-11-5-3-2-4-6-11;;/h2-10,14-15H,1H3;;/q;+1;-1. The Labute approximate surface area is 142 Å². The molecule has 0 aliphatic rings. The second kappa shape index (κ2) is 7.66. The van der Waals surface area contributed by atoms with Crippen molar-refractivity contribution in [2.24, 2.45) is 0 Å². The van der Waals surface area contributed by atoms with Gasteiger partial charge in [-0.25, -0.2) is 5.48 Å². The van der Waals surface area contributed by atoms with Crippen LogP contribution in [0.25, 0.3) is 0 Å². The first-order chi connectivity index (χ1) is 9.03. The minimum absolute atomic E-state index is 0. The van der Waals surface area contributed by atoms with Crippen molar-refractivity contribution in [2.75, 3.05) is 17.1 Å². The topological polar surface area (TPSA) is 67.4 Å². The predicted molar refractivity (Wildman–Crippen MR) is 76.8 cm³/mol. The van der Waals surface area contributed by atoms with Gasteiger partial charge in [0.1, 0.15) is 0 Å². The van der Waals surface area contributed by atoms with Gasteiger partial charge in [0.05, 0.1) is 11.9 Å². The number of benzene rings is 2. The van der Waals surface area contributed by atoms with Crippen LogP contribution in [0.4, 0.5) is 17.1 Å². The molecular weight excluding hydrogens is 287 g/mol. The van der Waals surface area contributed by atoms with Gasteiger partial charge in [-0.05, 0) is 36.4 Å². The van der Waals surface area contributed by atoms with E-state index < -0.39 is 10.1 Å². The maximum Gasteiger partial charge on any atom is 1.00 e.